The predicted octanol–water partition coefficient (Wildman–Crippen LogP) is 2.44. The van der Waals surface area contributed by atoms with Crippen LogP contribution in [-0.2, 0) is 4.79 Å². The first-order valence-electron chi connectivity index (χ1n) is 9.77. The molecule has 1 aromatic carbocycles. The summed E-state index contributed by atoms with van der Waals surface area (Å²) in [7, 11) is 0. The summed E-state index contributed by atoms with van der Waals surface area (Å²) in [5.41, 5.74) is 0.501. The maximum Gasteiger partial charge on any atom is 0.253 e. The number of amides is 2. The Hall–Kier alpha value is -2.21. The molecule has 6 heteroatoms. The van der Waals surface area contributed by atoms with Gasteiger partial charge in [0.05, 0.1) is 6.04 Å². The molecule has 1 aliphatic carbocycles. The average molecular weight is 373 g/mol. The molecule has 0 radical (unpaired) electrons. The fourth-order valence-corrected chi connectivity index (χ4v) is 4.21. The van der Waals surface area contributed by atoms with E-state index < -0.39 is 0 Å². The molecule has 1 N–H and O–H groups in total. The molecule has 0 spiro atoms. The highest BCUT2D eigenvalue weighted by Crippen LogP contribution is 2.31. The molecule has 5 nitrogen and oxygen atoms in total. The Bertz CT molecular complexity index is 663. The van der Waals surface area contributed by atoms with Crippen molar-refractivity contribution in [2.75, 3.05) is 32.7 Å². The molecule has 27 heavy (non-hydrogen) atoms. The van der Waals surface area contributed by atoms with Gasteiger partial charge in [0.15, 0.2) is 0 Å². The largest absolute Gasteiger partial charge is 0.351 e. The molecule has 1 aromatic rings. The van der Waals surface area contributed by atoms with E-state index in [-0.39, 0.29) is 23.7 Å². The van der Waals surface area contributed by atoms with E-state index in [0.29, 0.717) is 44.2 Å². The molecule has 0 unspecified atom stereocenters. The predicted molar refractivity (Wildman–Crippen MR) is 103 cm³/mol. The number of nitrogens with one attached hydrogen (secondary N) is 1. The first-order chi connectivity index (χ1) is 13.1. The Morgan fingerprint density at radius 1 is 1.15 bits per heavy atom. The van der Waals surface area contributed by atoms with Crippen LogP contribution in [0.2, 0.25) is 0 Å². The van der Waals surface area contributed by atoms with E-state index in [4.69, 9.17) is 0 Å². The molecule has 2 fully saturated rings. The van der Waals surface area contributed by atoms with Crippen molar-refractivity contribution in [3.8, 4) is 0 Å². The highest BCUT2D eigenvalue weighted by atomic mass is 19.1. The molecule has 2 amide bonds. The minimum atomic E-state index is -0.346. The Morgan fingerprint density at radius 2 is 1.78 bits per heavy atom. The maximum absolute atomic E-state index is 13.1. The number of rotatable bonds is 6. The van der Waals surface area contributed by atoms with Crippen LogP contribution in [0.25, 0.3) is 0 Å². The monoisotopic (exact) mass is 373 g/mol. The van der Waals surface area contributed by atoms with Crippen molar-refractivity contribution in [2.24, 2.45) is 5.92 Å². The third-order valence-corrected chi connectivity index (χ3v) is 5.62. The summed E-state index contributed by atoms with van der Waals surface area (Å²) in [6.07, 6.45) is 6.22. The van der Waals surface area contributed by atoms with Gasteiger partial charge in [0.2, 0.25) is 5.91 Å². The van der Waals surface area contributed by atoms with E-state index in [1.807, 2.05) is 0 Å². The minimum Gasteiger partial charge on any atom is -0.351 e. The number of carbonyl (C=O) groups is 2. The van der Waals surface area contributed by atoms with E-state index >= 15 is 0 Å². The summed E-state index contributed by atoms with van der Waals surface area (Å²) in [6.45, 7) is 6.65. The third kappa shape index (κ3) is 4.75. The number of benzene rings is 1. The molecule has 146 valence electrons. The van der Waals surface area contributed by atoms with Crippen LogP contribution in [0.15, 0.2) is 36.9 Å². The number of hydrogen-bond acceptors (Lipinski definition) is 3. The normalized spacial score (nSPS) is 19.7. The average Bonchev–Trinajstić information content (AvgIpc) is 3.21. The molecule has 3 rings (SSSR count). The van der Waals surface area contributed by atoms with Gasteiger partial charge in [-0.3, -0.25) is 14.5 Å². The van der Waals surface area contributed by atoms with Crippen LogP contribution < -0.4 is 5.32 Å². The van der Waals surface area contributed by atoms with Gasteiger partial charge < -0.3 is 10.2 Å². The SMILES string of the molecule is C=CCNC(=O)[C@H](C1CCCC1)N1CCN(C(=O)c2ccc(F)cc2)CC1. The van der Waals surface area contributed by atoms with E-state index in [9.17, 15) is 14.0 Å². The molecule has 2 aliphatic rings. The van der Waals surface area contributed by atoms with Crippen LogP contribution >= 0.6 is 0 Å². The third-order valence-electron chi connectivity index (χ3n) is 5.62. The Kier molecular flexibility index (Phi) is 6.61. The maximum atomic E-state index is 13.1. The van der Waals surface area contributed by atoms with Gasteiger partial charge in [-0.1, -0.05) is 18.9 Å². The van der Waals surface area contributed by atoms with Crippen LogP contribution in [0.3, 0.4) is 0 Å². The van der Waals surface area contributed by atoms with E-state index in [2.05, 4.69) is 16.8 Å². The summed E-state index contributed by atoms with van der Waals surface area (Å²) >= 11 is 0. The molecule has 1 atom stereocenters. The number of nitrogens with zero attached hydrogens (tertiary/aromatic N) is 2. The topological polar surface area (TPSA) is 52.7 Å². The Morgan fingerprint density at radius 3 is 2.37 bits per heavy atom. The van der Waals surface area contributed by atoms with Gasteiger partial charge in [0, 0.05) is 38.3 Å². The van der Waals surface area contributed by atoms with Crippen LogP contribution in [0.5, 0.6) is 0 Å². The molecular weight excluding hydrogens is 345 g/mol. The quantitative estimate of drug-likeness (QED) is 0.780. The first kappa shape index (κ1) is 19.5. The fraction of sp³-hybridized carbons (Fsp3) is 0.524. The molecule has 1 saturated heterocycles. The highest BCUT2D eigenvalue weighted by molar-refractivity contribution is 5.94. The standard InChI is InChI=1S/C21H28FN3O2/c1-2-11-23-20(26)19(16-5-3-4-6-16)24-12-14-25(15-13-24)21(27)17-7-9-18(22)10-8-17/h2,7-10,16,19H,1,3-6,11-15H2,(H,23,26)/t19-/m0/s1. The van der Waals surface area contributed by atoms with E-state index in [1.165, 1.54) is 37.1 Å². The molecule has 1 aliphatic heterocycles. The van der Waals surface area contributed by atoms with Crippen molar-refractivity contribution < 1.29 is 14.0 Å². The molecule has 1 heterocycles. The number of piperazine rings is 1. The van der Waals surface area contributed by atoms with Crippen molar-refractivity contribution in [3.63, 3.8) is 0 Å². The van der Waals surface area contributed by atoms with Gasteiger partial charge in [-0.2, -0.15) is 0 Å². The zero-order valence-electron chi connectivity index (χ0n) is 15.7. The van der Waals surface area contributed by atoms with Crippen LogP contribution in [0.1, 0.15) is 36.0 Å². The smallest absolute Gasteiger partial charge is 0.253 e. The number of halogens is 1. The van der Waals surface area contributed by atoms with Crippen molar-refractivity contribution in [2.45, 2.75) is 31.7 Å². The van der Waals surface area contributed by atoms with Crippen molar-refractivity contribution >= 4 is 11.8 Å². The molecule has 0 bridgehead atoms. The van der Waals surface area contributed by atoms with Crippen LogP contribution in [-0.4, -0.2) is 60.4 Å². The van der Waals surface area contributed by atoms with E-state index in [1.54, 1.807) is 11.0 Å². The second-order valence-electron chi connectivity index (χ2n) is 7.36. The van der Waals surface area contributed by atoms with Crippen molar-refractivity contribution in [1.29, 1.82) is 0 Å². The lowest BCUT2D eigenvalue weighted by Gasteiger charge is -2.40. The van der Waals surface area contributed by atoms with Crippen LogP contribution in [0, 0.1) is 11.7 Å². The zero-order chi connectivity index (χ0) is 19.2. The summed E-state index contributed by atoms with van der Waals surface area (Å²) < 4.78 is 13.1. The van der Waals surface area contributed by atoms with Gasteiger partial charge >= 0.3 is 0 Å². The molecule has 1 saturated carbocycles. The zero-order valence-corrected chi connectivity index (χ0v) is 15.7. The fourth-order valence-electron chi connectivity index (χ4n) is 4.21. The molecule has 0 aromatic heterocycles. The second kappa shape index (κ2) is 9.13. The number of carbonyl (C=O) groups excluding carboxylic acids is 2. The number of hydrogen-bond donors (Lipinski definition) is 1. The Labute approximate surface area is 160 Å². The lowest BCUT2D eigenvalue weighted by molar-refractivity contribution is -0.129. The van der Waals surface area contributed by atoms with Crippen molar-refractivity contribution in [1.82, 2.24) is 15.1 Å². The second-order valence-corrected chi connectivity index (χ2v) is 7.36. The summed E-state index contributed by atoms with van der Waals surface area (Å²) in [4.78, 5) is 29.4. The highest BCUT2D eigenvalue weighted by Gasteiger charge is 2.37. The minimum absolute atomic E-state index is 0.0695. The van der Waals surface area contributed by atoms with Crippen molar-refractivity contribution in [3.05, 3.63) is 48.3 Å². The van der Waals surface area contributed by atoms with Gasteiger partial charge in [-0.25, -0.2) is 4.39 Å². The summed E-state index contributed by atoms with van der Waals surface area (Å²) in [6, 6.07) is 5.53. The summed E-state index contributed by atoms with van der Waals surface area (Å²) in [5.74, 6) is 0.0266. The van der Waals surface area contributed by atoms with Gasteiger partial charge in [-0.15, -0.1) is 6.58 Å². The van der Waals surface area contributed by atoms with Gasteiger partial charge in [0.1, 0.15) is 5.82 Å². The lowest BCUT2D eigenvalue weighted by Crippen LogP contribution is -2.58. The first-order valence-corrected chi connectivity index (χ1v) is 9.77. The summed E-state index contributed by atoms with van der Waals surface area (Å²) in [5, 5.41) is 2.96. The lowest BCUT2D eigenvalue weighted by atomic mass is 9.95. The van der Waals surface area contributed by atoms with Crippen LogP contribution in [0.4, 0.5) is 4.39 Å². The molecular formula is C21H28FN3O2. The van der Waals surface area contributed by atoms with Gasteiger partial charge in [0.25, 0.3) is 5.91 Å². The Balaban J connectivity index is 1.62. The van der Waals surface area contributed by atoms with E-state index in [0.717, 1.165) is 12.8 Å². The van der Waals surface area contributed by atoms with Gasteiger partial charge in [-0.05, 0) is 43.0 Å².